The standard InChI is InChI=1S/C41H60N8O2/c1-34-26-36-30-42-8-3-12-46-16-20-48(21-17-46)14-5-10-44-32-38-28-35(2)29-39-33-45-11-6-15-49-22-18-47(19-23-49)13-4-9-43-31-37(27-34)40(36)50-24-7-25-51-41(38)39/h26-33H,3-25H2,1-2H3. The van der Waals surface area contributed by atoms with Crippen LogP contribution in [0, 0.1) is 13.8 Å². The van der Waals surface area contributed by atoms with Crippen LogP contribution in [0.4, 0.5) is 0 Å². The summed E-state index contributed by atoms with van der Waals surface area (Å²) < 4.78 is 13.1. The Bertz CT molecular complexity index is 1300. The molecule has 0 spiro atoms. The highest BCUT2D eigenvalue weighted by molar-refractivity contribution is 5.93. The predicted molar refractivity (Wildman–Crippen MR) is 212 cm³/mol. The van der Waals surface area contributed by atoms with Crippen LogP contribution < -0.4 is 9.47 Å². The molecular weight excluding hydrogens is 637 g/mol. The number of hydrogen-bond donors (Lipinski definition) is 0. The fourth-order valence-electron chi connectivity index (χ4n) is 7.45. The summed E-state index contributed by atoms with van der Waals surface area (Å²) in [6, 6.07) is 8.73. The molecule has 0 aromatic heterocycles. The molecule has 51 heavy (non-hydrogen) atoms. The van der Waals surface area contributed by atoms with Crippen molar-refractivity contribution in [3.05, 3.63) is 57.6 Å². The number of rotatable bonds is 0. The lowest BCUT2D eigenvalue weighted by atomic mass is 10.1. The SMILES string of the molecule is Cc1cc2c3c(c1)C=NCCCN1CCN(CCCN=Cc4cc(C)cc(c4OCCCO3)C=NCCCN3CCN(CCCN=C2)CC3)CC1. The molecule has 0 N–H and O–H groups in total. The molecule has 0 unspecified atom stereocenters. The van der Waals surface area contributed by atoms with E-state index in [2.05, 4.69) is 57.7 Å². The summed E-state index contributed by atoms with van der Waals surface area (Å²) in [6.45, 7) is 21.9. The summed E-state index contributed by atoms with van der Waals surface area (Å²) in [6.07, 6.45) is 13.0. The average molecular weight is 697 g/mol. The smallest absolute Gasteiger partial charge is 0.136 e. The molecule has 2 aromatic rings. The molecule has 6 bridgehead atoms. The lowest BCUT2D eigenvalue weighted by molar-refractivity contribution is 0.131. The Hall–Kier alpha value is -3.44. The Morgan fingerprint density at radius 3 is 0.941 bits per heavy atom. The van der Waals surface area contributed by atoms with Gasteiger partial charge in [-0.1, -0.05) is 0 Å². The first-order valence-electron chi connectivity index (χ1n) is 19.5. The van der Waals surface area contributed by atoms with Crippen molar-refractivity contribution in [2.45, 2.75) is 46.0 Å². The molecule has 10 nitrogen and oxygen atoms in total. The lowest BCUT2D eigenvalue weighted by Gasteiger charge is -2.34. The van der Waals surface area contributed by atoms with Crippen molar-refractivity contribution in [1.29, 1.82) is 0 Å². The summed E-state index contributed by atoms with van der Waals surface area (Å²) in [4.78, 5) is 29.9. The first kappa shape index (κ1) is 37.3. The van der Waals surface area contributed by atoms with Crippen LogP contribution in [0.25, 0.3) is 0 Å². The summed E-state index contributed by atoms with van der Waals surface area (Å²) in [5.41, 5.74) is 6.43. The molecule has 2 aromatic carbocycles. The normalized spacial score (nSPS) is 26.0. The highest BCUT2D eigenvalue weighted by atomic mass is 16.5. The van der Waals surface area contributed by atoms with Crippen LogP contribution in [0.3, 0.4) is 0 Å². The van der Waals surface area contributed by atoms with E-state index >= 15 is 0 Å². The van der Waals surface area contributed by atoms with Crippen LogP contribution in [0.1, 0.15) is 65.5 Å². The van der Waals surface area contributed by atoms with E-state index in [1.165, 1.54) is 11.1 Å². The van der Waals surface area contributed by atoms with E-state index < -0.39 is 0 Å². The predicted octanol–water partition coefficient (Wildman–Crippen LogP) is 4.65. The van der Waals surface area contributed by atoms with Gasteiger partial charge < -0.3 is 29.1 Å². The monoisotopic (exact) mass is 696 g/mol. The minimum atomic E-state index is 0.528. The third-order valence-corrected chi connectivity index (χ3v) is 10.3. The number of benzene rings is 2. The third kappa shape index (κ3) is 11.8. The van der Waals surface area contributed by atoms with E-state index in [1.807, 2.05) is 24.9 Å². The molecule has 0 saturated carbocycles. The fraction of sp³-hybridized carbons (Fsp3) is 0.610. The molecule has 6 heterocycles. The van der Waals surface area contributed by atoms with Gasteiger partial charge in [-0.25, -0.2) is 0 Å². The molecule has 276 valence electrons. The molecule has 8 rings (SSSR count). The molecule has 2 saturated heterocycles. The van der Waals surface area contributed by atoms with Gasteiger partial charge in [0.15, 0.2) is 0 Å². The summed E-state index contributed by atoms with van der Waals surface area (Å²) in [5.74, 6) is 1.71. The second kappa shape index (κ2) is 20.0. The van der Waals surface area contributed by atoms with Crippen molar-refractivity contribution in [2.75, 3.05) is 118 Å². The van der Waals surface area contributed by atoms with Crippen molar-refractivity contribution < 1.29 is 9.47 Å². The van der Waals surface area contributed by atoms with Crippen molar-refractivity contribution in [3.8, 4) is 11.5 Å². The summed E-state index contributed by atoms with van der Waals surface area (Å²) in [7, 11) is 0. The van der Waals surface area contributed by atoms with Crippen LogP contribution in [-0.2, 0) is 0 Å². The van der Waals surface area contributed by atoms with E-state index in [-0.39, 0.29) is 0 Å². The van der Waals surface area contributed by atoms with Crippen LogP contribution >= 0.6 is 0 Å². The Labute approximate surface area is 306 Å². The summed E-state index contributed by atoms with van der Waals surface area (Å²) in [5, 5.41) is 0. The van der Waals surface area contributed by atoms with Gasteiger partial charge >= 0.3 is 0 Å². The van der Waals surface area contributed by atoms with Gasteiger partial charge in [0.1, 0.15) is 11.5 Å². The molecular formula is C41H60N8O2. The largest absolute Gasteiger partial charge is 0.492 e. The fourth-order valence-corrected chi connectivity index (χ4v) is 7.45. The van der Waals surface area contributed by atoms with Crippen molar-refractivity contribution in [1.82, 2.24) is 19.6 Å². The topological polar surface area (TPSA) is 80.9 Å². The van der Waals surface area contributed by atoms with Gasteiger partial charge in [-0.2, -0.15) is 0 Å². The maximum atomic E-state index is 6.57. The van der Waals surface area contributed by atoms with Crippen LogP contribution in [-0.4, -0.2) is 162 Å². The van der Waals surface area contributed by atoms with Gasteiger partial charge in [0.05, 0.1) is 13.2 Å². The first-order valence-corrected chi connectivity index (χ1v) is 19.5. The molecule has 0 radical (unpaired) electrons. The second-order valence-electron chi connectivity index (χ2n) is 14.5. The van der Waals surface area contributed by atoms with Gasteiger partial charge in [0.2, 0.25) is 0 Å². The van der Waals surface area contributed by atoms with E-state index in [9.17, 15) is 0 Å². The molecule has 6 aliphatic rings. The van der Waals surface area contributed by atoms with E-state index in [0.717, 1.165) is 171 Å². The number of nitrogens with zero attached hydrogens (tertiary/aromatic N) is 8. The minimum Gasteiger partial charge on any atom is -0.492 e. The molecule has 10 heteroatoms. The van der Waals surface area contributed by atoms with Gasteiger partial charge in [0.25, 0.3) is 0 Å². The van der Waals surface area contributed by atoms with Crippen molar-refractivity contribution in [2.24, 2.45) is 20.0 Å². The van der Waals surface area contributed by atoms with Gasteiger partial charge in [0, 0.05) is 132 Å². The zero-order chi connectivity index (χ0) is 35.1. The Morgan fingerprint density at radius 1 is 0.392 bits per heavy atom. The molecule has 6 aliphatic heterocycles. The molecule has 2 fully saturated rings. The van der Waals surface area contributed by atoms with Gasteiger partial charge in [-0.3, -0.25) is 20.0 Å². The molecule has 0 amide bonds. The Balaban J connectivity index is 1.28. The zero-order valence-corrected chi connectivity index (χ0v) is 31.3. The molecule has 0 atom stereocenters. The van der Waals surface area contributed by atoms with Gasteiger partial charge in [-0.15, -0.1) is 0 Å². The lowest BCUT2D eigenvalue weighted by Crippen LogP contribution is -2.46. The van der Waals surface area contributed by atoms with E-state index in [0.29, 0.717) is 13.2 Å². The summed E-state index contributed by atoms with van der Waals surface area (Å²) >= 11 is 0. The Morgan fingerprint density at radius 2 is 0.667 bits per heavy atom. The number of aryl methyl sites for hydroxylation is 2. The zero-order valence-electron chi connectivity index (χ0n) is 31.3. The first-order chi connectivity index (χ1) is 25.1. The van der Waals surface area contributed by atoms with Crippen LogP contribution in [0.2, 0.25) is 0 Å². The van der Waals surface area contributed by atoms with E-state index in [1.54, 1.807) is 0 Å². The van der Waals surface area contributed by atoms with Crippen molar-refractivity contribution >= 4 is 24.9 Å². The maximum absolute atomic E-state index is 6.57. The van der Waals surface area contributed by atoms with Crippen molar-refractivity contribution in [3.63, 3.8) is 0 Å². The number of ether oxygens (including phenoxy) is 2. The minimum absolute atomic E-state index is 0.528. The van der Waals surface area contributed by atoms with E-state index in [4.69, 9.17) is 29.4 Å². The number of aliphatic imine (C=N–C) groups is 4. The second-order valence-corrected chi connectivity index (χ2v) is 14.5. The van der Waals surface area contributed by atoms with Crippen LogP contribution in [0.15, 0.2) is 44.2 Å². The average Bonchev–Trinajstić information content (AvgIpc) is 3.13. The highest BCUT2D eigenvalue weighted by Crippen LogP contribution is 2.26. The number of fused-ring (bicyclic) bond motifs is 16. The Kier molecular flexibility index (Phi) is 14.6. The quantitative estimate of drug-likeness (QED) is 0.399. The molecule has 0 aliphatic carbocycles. The van der Waals surface area contributed by atoms with Crippen LogP contribution in [0.5, 0.6) is 11.5 Å². The highest BCUT2D eigenvalue weighted by Gasteiger charge is 2.18. The maximum Gasteiger partial charge on any atom is 0.136 e. The number of hydrogen-bond acceptors (Lipinski definition) is 10. The number of piperazine rings is 2. The third-order valence-electron chi connectivity index (χ3n) is 10.3. The van der Waals surface area contributed by atoms with Gasteiger partial charge in [-0.05, 0) is 101 Å².